The largest absolute Gasteiger partial charge is 0.387 e. The molecular formula is C17H27NO2. The highest BCUT2D eigenvalue weighted by atomic mass is 16.5. The van der Waals surface area contributed by atoms with Crippen LogP contribution in [0.5, 0.6) is 0 Å². The van der Waals surface area contributed by atoms with Gasteiger partial charge in [-0.05, 0) is 43.9 Å². The molecule has 0 amide bonds. The molecule has 0 radical (unpaired) electrons. The van der Waals surface area contributed by atoms with E-state index in [-0.39, 0.29) is 6.10 Å². The van der Waals surface area contributed by atoms with E-state index in [1.807, 2.05) is 0 Å². The molecule has 3 heteroatoms. The van der Waals surface area contributed by atoms with Crippen molar-refractivity contribution in [1.82, 2.24) is 4.90 Å². The van der Waals surface area contributed by atoms with Crippen molar-refractivity contribution in [2.45, 2.75) is 39.4 Å². The van der Waals surface area contributed by atoms with Crippen molar-refractivity contribution in [3.8, 4) is 0 Å². The first-order valence-corrected chi connectivity index (χ1v) is 7.51. The fourth-order valence-electron chi connectivity index (χ4n) is 3.03. The molecule has 0 aromatic heterocycles. The Labute approximate surface area is 122 Å². The van der Waals surface area contributed by atoms with Crippen molar-refractivity contribution >= 4 is 0 Å². The predicted molar refractivity (Wildman–Crippen MR) is 81.9 cm³/mol. The van der Waals surface area contributed by atoms with Crippen LogP contribution in [0.1, 0.15) is 36.1 Å². The summed E-state index contributed by atoms with van der Waals surface area (Å²) in [5.74, 6) is 0.606. The molecule has 0 aliphatic carbocycles. The smallest absolute Gasteiger partial charge is 0.0919 e. The van der Waals surface area contributed by atoms with Gasteiger partial charge in [0.2, 0.25) is 0 Å². The Bertz CT molecular complexity index is 447. The molecule has 1 saturated heterocycles. The van der Waals surface area contributed by atoms with Crippen LogP contribution in [0.15, 0.2) is 18.2 Å². The molecule has 1 aliphatic heterocycles. The summed E-state index contributed by atoms with van der Waals surface area (Å²) in [6.07, 6.45) is 1.01. The van der Waals surface area contributed by atoms with Crippen LogP contribution >= 0.6 is 0 Å². The Kier molecular flexibility index (Phi) is 5.19. The average molecular weight is 277 g/mol. The van der Waals surface area contributed by atoms with Gasteiger partial charge in [0.05, 0.1) is 12.2 Å². The third kappa shape index (κ3) is 3.60. The number of piperidine rings is 1. The van der Waals surface area contributed by atoms with E-state index in [1.165, 1.54) is 5.56 Å². The normalized spacial score (nSPS) is 25.6. The summed E-state index contributed by atoms with van der Waals surface area (Å²) in [5.41, 5.74) is 3.42. The van der Waals surface area contributed by atoms with Gasteiger partial charge in [-0.3, -0.25) is 4.90 Å². The zero-order chi connectivity index (χ0) is 14.7. The number of ether oxygens (including phenoxy) is 1. The second kappa shape index (κ2) is 6.70. The summed E-state index contributed by atoms with van der Waals surface area (Å²) in [6, 6.07) is 6.28. The number of methoxy groups -OCH3 is 1. The monoisotopic (exact) mass is 277 g/mol. The maximum absolute atomic E-state index is 10.5. The SMILES string of the molecule is COC1CN(CC(O)c2cc(C)ccc2C)CCC1C. The third-order valence-electron chi connectivity index (χ3n) is 4.50. The van der Waals surface area contributed by atoms with Crippen molar-refractivity contribution in [3.05, 3.63) is 34.9 Å². The first-order chi connectivity index (χ1) is 9.51. The van der Waals surface area contributed by atoms with E-state index in [0.29, 0.717) is 12.5 Å². The summed E-state index contributed by atoms with van der Waals surface area (Å²) < 4.78 is 5.54. The lowest BCUT2D eigenvalue weighted by atomic mass is 9.94. The zero-order valence-corrected chi connectivity index (χ0v) is 13.1. The maximum atomic E-state index is 10.5. The van der Waals surface area contributed by atoms with Gasteiger partial charge in [-0.15, -0.1) is 0 Å². The van der Waals surface area contributed by atoms with E-state index in [0.717, 1.165) is 30.6 Å². The lowest BCUT2D eigenvalue weighted by Crippen LogP contribution is -2.45. The molecule has 1 aromatic rings. The zero-order valence-electron chi connectivity index (χ0n) is 13.1. The number of rotatable bonds is 4. The number of hydrogen-bond acceptors (Lipinski definition) is 3. The molecule has 1 fully saturated rings. The Morgan fingerprint density at radius 3 is 2.85 bits per heavy atom. The Balaban J connectivity index is 2.01. The van der Waals surface area contributed by atoms with Gasteiger partial charge in [-0.1, -0.05) is 30.7 Å². The van der Waals surface area contributed by atoms with Crippen molar-refractivity contribution in [2.24, 2.45) is 5.92 Å². The number of benzene rings is 1. The molecule has 1 N–H and O–H groups in total. The quantitative estimate of drug-likeness (QED) is 0.918. The van der Waals surface area contributed by atoms with Gasteiger partial charge in [0.15, 0.2) is 0 Å². The second-order valence-electron chi connectivity index (χ2n) is 6.18. The van der Waals surface area contributed by atoms with Crippen molar-refractivity contribution < 1.29 is 9.84 Å². The predicted octanol–water partition coefficient (Wildman–Crippen LogP) is 2.69. The van der Waals surface area contributed by atoms with E-state index in [9.17, 15) is 5.11 Å². The van der Waals surface area contributed by atoms with Gasteiger partial charge in [-0.2, -0.15) is 0 Å². The fourth-order valence-corrected chi connectivity index (χ4v) is 3.03. The van der Waals surface area contributed by atoms with Gasteiger partial charge < -0.3 is 9.84 Å². The molecule has 3 unspecified atom stereocenters. The first kappa shape index (κ1) is 15.5. The average Bonchev–Trinajstić information content (AvgIpc) is 2.43. The van der Waals surface area contributed by atoms with Crippen molar-refractivity contribution in [3.63, 3.8) is 0 Å². The summed E-state index contributed by atoms with van der Waals surface area (Å²) in [6.45, 7) is 9.03. The van der Waals surface area contributed by atoms with Crippen molar-refractivity contribution in [1.29, 1.82) is 0 Å². The molecule has 0 spiro atoms. The number of aliphatic hydroxyl groups excluding tert-OH is 1. The molecule has 3 nitrogen and oxygen atoms in total. The second-order valence-corrected chi connectivity index (χ2v) is 6.18. The standard InChI is InChI=1S/C17H27NO2/c1-12-5-6-13(2)15(9-12)16(19)10-18-8-7-14(3)17(11-18)20-4/h5-6,9,14,16-17,19H,7-8,10-11H2,1-4H3. The molecule has 1 aromatic carbocycles. The van der Waals surface area contributed by atoms with Crippen LogP contribution < -0.4 is 0 Å². The highest BCUT2D eigenvalue weighted by Crippen LogP contribution is 2.24. The first-order valence-electron chi connectivity index (χ1n) is 7.51. The molecule has 2 rings (SSSR count). The molecule has 0 bridgehead atoms. The number of hydrogen-bond donors (Lipinski definition) is 1. The summed E-state index contributed by atoms with van der Waals surface area (Å²) in [5, 5.41) is 10.5. The fraction of sp³-hybridized carbons (Fsp3) is 0.647. The number of aryl methyl sites for hydroxylation is 2. The van der Waals surface area contributed by atoms with Gasteiger partial charge >= 0.3 is 0 Å². The molecule has 3 atom stereocenters. The Morgan fingerprint density at radius 2 is 2.15 bits per heavy atom. The molecule has 20 heavy (non-hydrogen) atoms. The number of nitrogens with zero attached hydrogens (tertiary/aromatic N) is 1. The highest BCUT2D eigenvalue weighted by Gasteiger charge is 2.27. The summed E-state index contributed by atoms with van der Waals surface area (Å²) in [7, 11) is 1.78. The molecule has 1 heterocycles. The van der Waals surface area contributed by atoms with Gasteiger partial charge in [0, 0.05) is 20.2 Å². The minimum absolute atomic E-state index is 0.287. The van der Waals surface area contributed by atoms with Crippen LogP contribution in [0, 0.1) is 19.8 Å². The Morgan fingerprint density at radius 1 is 1.40 bits per heavy atom. The van der Waals surface area contributed by atoms with Crippen LogP contribution in [0.3, 0.4) is 0 Å². The summed E-state index contributed by atoms with van der Waals surface area (Å²) >= 11 is 0. The van der Waals surface area contributed by atoms with Crippen LogP contribution in [0.4, 0.5) is 0 Å². The third-order valence-corrected chi connectivity index (χ3v) is 4.50. The minimum Gasteiger partial charge on any atom is -0.387 e. The molecule has 112 valence electrons. The van der Waals surface area contributed by atoms with Gasteiger partial charge in [0.1, 0.15) is 0 Å². The van der Waals surface area contributed by atoms with Gasteiger partial charge in [-0.25, -0.2) is 0 Å². The van der Waals surface area contributed by atoms with Crippen molar-refractivity contribution in [2.75, 3.05) is 26.7 Å². The lowest BCUT2D eigenvalue weighted by molar-refractivity contribution is -0.0181. The van der Waals surface area contributed by atoms with E-state index >= 15 is 0 Å². The number of β-amino-alcohol motifs (C(OH)–C–C–N with tert-alkyl or cyclic N) is 1. The lowest BCUT2D eigenvalue weighted by Gasteiger charge is -2.37. The van der Waals surface area contributed by atoms with E-state index in [1.54, 1.807) is 7.11 Å². The van der Waals surface area contributed by atoms with E-state index in [4.69, 9.17) is 4.74 Å². The van der Waals surface area contributed by atoms with E-state index in [2.05, 4.69) is 43.9 Å². The molecule has 0 saturated carbocycles. The molecular weight excluding hydrogens is 250 g/mol. The van der Waals surface area contributed by atoms with Crippen LogP contribution in [0.25, 0.3) is 0 Å². The highest BCUT2D eigenvalue weighted by molar-refractivity contribution is 5.32. The maximum Gasteiger partial charge on any atom is 0.0919 e. The van der Waals surface area contributed by atoms with Crippen LogP contribution in [-0.4, -0.2) is 42.9 Å². The molecule has 1 aliphatic rings. The van der Waals surface area contributed by atoms with E-state index < -0.39 is 6.10 Å². The topological polar surface area (TPSA) is 32.7 Å². The van der Waals surface area contributed by atoms with Crippen LogP contribution in [-0.2, 0) is 4.74 Å². The number of likely N-dealkylation sites (tertiary alicyclic amines) is 1. The summed E-state index contributed by atoms with van der Waals surface area (Å²) in [4.78, 5) is 2.32. The minimum atomic E-state index is -0.416. The van der Waals surface area contributed by atoms with Gasteiger partial charge in [0.25, 0.3) is 0 Å². The van der Waals surface area contributed by atoms with Crippen LogP contribution in [0.2, 0.25) is 0 Å². The number of aliphatic hydroxyl groups is 1. The Hall–Kier alpha value is -0.900.